The van der Waals surface area contributed by atoms with E-state index in [9.17, 15) is 9.59 Å². The number of hydrazine groups is 1. The number of amides is 2. The van der Waals surface area contributed by atoms with Gasteiger partial charge in [-0.2, -0.15) is 0 Å². The molecule has 0 aliphatic rings. The first-order valence-corrected chi connectivity index (χ1v) is 8.69. The normalized spacial score (nSPS) is 11.3. The summed E-state index contributed by atoms with van der Waals surface area (Å²) < 4.78 is 11.3. The Hall–Kier alpha value is -2.99. The lowest BCUT2D eigenvalue weighted by atomic mass is 10.1. The molecule has 0 aliphatic heterocycles. The van der Waals surface area contributed by atoms with Crippen LogP contribution in [0.2, 0.25) is 5.02 Å². The van der Waals surface area contributed by atoms with Gasteiger partial charge in [-0.3, -0.25) is 20.4 Å². The van der Waals surface area contributed by atoms with Crippen molar-refractivity contribution in [1.29, 1.82) is 0 Å². The van der Waals surface area contributed by atoms with Crippen LogP contribution in [0, 0.1) is 6.92 Å². The van der Waals surface area contributed by atoms with Crippen LogP contribution in [0.1, 0.15) is 30.0 Å². The molecule has 2 amide bonds. The number of para-hydroxylation sites is 1. The maximum absolute atomic E-state index is 12.4. The molecular weight excluding hydrogens is 368 g/mol. The van der Waals surface area contributed by atoms with Gasteiger partial charge in [-0.25, -0.2) is 0 Å². The van der Waals surface area contributed by atoms with E-state index in [1.54, 1.807) is 51.1 Å². The van der Waals surface area contributed by atoms with Gasteiger partial charge < -0.3 is 9.15 Å². The molecule has 0 saturated heterocycles. The maximum atomic E-state index is 12.4. The SMILES string of the molecule is Cc1c(C(=O)NNC(=O)C(C)(C)Oc2cccc(Cl)c2)oc2ccccc12. The fraction of sp³-hybridized carbons (Fsp3) is 0.200. The number of hydrogen-bond donors (Lipinski definition) is 2. The quantitative estimate of drug-likeness (QED) is 0.664. The van der Waals surface area contributed by atoms with Gasteiger partial charge >= 0.3 is 5.91 Å². The summed E-state index contributed by atoms with van der Waals surface area (Å²) in [6, 6.07) is 14.1. The van der Waals surface area contributed by atoms with E-state index >= 15 is 0 Å². The van der Waals surface area contributed by atoms with E-state index in [-0.39, 0.29) is 5.76 Å². The van der Waals surface area contributed by atoms with Gasteiger partial charge in [0.2, 0.25) is 0 Å². The highest BCUT2D eigenvalue weighted by Gasteiger charge is 2.31. The lowest BCUT2D eigenvalue weighted by Gasteiger charge is -2.25. The molecule has 0 bridgehead atoms. The van der Waals surface area contributed by atoms with Crippen LogP contribution in [0.3, 0.4) is 0 Å². The molecule has 0 atom stereocenters. The van der Waals surface area contributed by atoms with Crippen LogP contribution in [0.5, 0.6) is 5.75 Å². The summed E-state index contributed by atoms with van der Waals surface area (Å²) in [5.41, 5.74) is 4.81. The topological polar surface area (TPSA) is 80.6 Å². The van der Waals surface area contributed by atoms with Crippen LogP contribution in [0.4, 0.5) is 0 Å². The van der Waals surface area contributed by atoms with Crippen molar-refractivity contribution >= 4 is 34.4 Å². The molecular formula is C20H19ClN2O4. The number of hydrogen-bond acceptors (Lipinski definition) is 4. The summed E-state index contributed by atoms with van der Waals surface area (Å²) in [5, 5.41) is 1.34. The summed E-state index contributed by atoms with van der Waals surface area (Å²) in [6.07, 6.45) is 0. The fourth-order valence-electron chi connectivity index (χ4n) is 2.58. The zero-order valence-corrected chi connectivity index (χ0v) is 15.9. The molecule has 0 radical (unpaired) electrons. The van der Waals surface area contributed by atoms with E-state index in [1.165, 1.54) is 0 Å². The second-order valence-corrected chi connectivity index (χ2v) is 6.97. The second-order valence-electron chi connectivity index (χ2n) is 6.53. The number of halogens is 1. The van der Waals surface area contributed by atoms with Gasteiger partial charge in [-0.1, -0.05) is 35.9 Å². The van der Waals surface area contributed by atoms with Crippen molar-refractivity contribution in [3.8, 4) is 5.75 Å². The number of furan rings is 1. The molecule has 1 heterocycles. The second kappa shape index (κ2) is 7.32. The Balaban J connectivity index is 1.66. The molecule has 7 heteroatoms. The summed E-state index contributed by atoms with van der Waals surface area (Å²) in [6.45, 7) is 4.96. The molecule has 2 N–H and O–H groups in total. The third-order valence-electron chi connectivity index (χ3n) is 4.06. The molecule has 0 aliphatic carbocycles. The van der Waals surface area contributed by atoms with Crippen molar-refractivity contribution in [1.82, 2.24) is 10.9 Å². The number of rotatable bonds is 4. The lowest BCUT2D eigenvalue weighted by molar-refractivity contribution is -0.135. The fourth-order valence-corrected chi connectivity index (χ4v) is 2.76. The predicted molar refractivity (Wildman–Crippen MR) is 103 cm³/mol. The van der Waals surface area contributed by atoms with E-state index < -0.39 is 17.4 Å². The highest BCUT2D eigenvalue weighted by molar-refractivity contribution is 6.30. The average molecular weight is 387 g/mol. The van der Waals surface area contributed by atoms with Crippen molar-refractivity contribution in [2.45, 2.75) is 26.4 Å². The summed E-state index contributed by atoms with van der Waals surface area (Å²) in [5.74, 6) is -0.479. The molecule has 1 aromatic heterocycles. The minimum Gasteiger partial charge on any atom is -0.478 e. The van der Waals surface area contributed by atoms with Crippen LogP contribution in [0.25, 0.3) is 11.0 Å². The number of nitrogens with one attached hydrogen (secondary N) is 2. The first-order chi connectivity index (χ1) is 12.8. The van der Waals surface area contributed by atoms with E-state index in [2.05, 4.69) is 10.9 Å². The Kier molecular flexibility index (Phi) is 5.10. The molecule has 6 nitrogen and oxygen atoms in total. The van der Waals surface area contributed by atoms with E-state index in [0.29, 0.717) is 21.9 Å². The first kappa shape index (κ1) is 18.8. The van der Waals surface area contributed by atoms with Crippen LogP contribution >= 0.6 is 11.6 Å². The van der Waals surface area contributed by atoms with Crippen molar-refractivity contribution in [3.63, 3.8) is 0 Å². The summed E-state index contributed by atoms with van der Waals surface area (Å²) in [7, 11) is 0. The Bertz CT molecular complexity index is 1010. The predicted octanol–water partition coefficient (Wildman–Crippen LogP) is 4.01. The van der Waals surface area contributed by atoms with Crippen LogP contribution in [-0.4, -0.2) is 17.4 Å². The van der Waals surface area contributed by atoms with Gasteiger partial charge in [0.1, 0.15) is 11.3 Å². The van der Waals surface area contributed by atoms with Crippen LogP contribution in [0.15, 0.2) is 52.9 Å². The standard InChI is InChI=1S/C20H19ClN2O4/c1-12-15-9-4-5-10-16(15)26-17(12)18(24)22-23-19(25)20(2,3)27-14-8-6-7-13(21)11-14/h4-11H,1-3H3,(H,22,24)(H,23,25). The van der Waals surface area contributed by atoms with E-state index in [1.807, 2.05) is 18.2 Å². The molecule has 0 fully saturated rings. The van der Waals surface area contributed by atoms with Gasteiger partial charge in [0.15, 0.2) is 11.4 Å². The Labute approximate surface area is 161 Å². The van der Waals surface area contributed by atoms with Crippen LogP contribution in [-0.2, 0) is 4.79 Å². The van der Waals surface area contributed by atoms with Crippen molar-refractivity contribution in [2.75, 3.05) is 0 Å². The number of benzene rings is 2. The highest BCUT2D eigenvalue weighted by Crippen LogP contribution is 2.25. The number of fused-ring (bicyclic) bond motifs is 1. The highest BCUT2D eigenvalue weighted by atomic mass is 35.5. The number of carbonyl (C=O) groups is 2. The van der Waals surface area contributed by atoms with Crippen LogP contribution < -0.4 is 15.6 Å². The Morgan fingerprint density at radius 2 is 1.81 bits per heavy atom. The maximum Gasteiger partial charge on any atom is 0.305 e. The molecule has 27 heavy (non-hydrogen) atoms. The molecule has 3 aromatic rings. The van der Waals surface area contributed by atoms with Crippen molar-refractivity contribution in [2.24, 2.45) is 0 Å². The molecule has 2 aromatic carbocycles. The molecule has 0 saturated carbocycles. The number of aryl methyl sites for hydroxylation is 1. The number of carbonyl (C=O) groups excluding carboxylic acids is 2. The van der Waals surface area contributed by atoms with Gasteiger partial charge in [-0.05, 0) is 45.0 Å². The third kappa shape index (κ3) is 4.06. The molecule has 3 rings (SSSR count). The monoisotopic (exact) mass is 386 g/mol. The van der Waals surface area contributed by atoms with Gasteiger partial charge in [-0.15, -0.1) is 0 Å². The summed E-state index contributed by atoms with van der Waals surface area (Å²) >= 11 is 5.92. The zero-order valence-electron chi connectivity index (χ0n) is 15.1. The van der Waals surface area contributed by atoms with Gasteiger partial charge in [0.25, 0.3) is 5.91 Å². The van der Waals surface area contributed by atoms with Gasteiger partial charge in [0, 0.05) is 16.0 Å². The first-order valence-electron chi connectivity index (χ1n) is 8.31. The van der Waals surface area contributed by atoms with Crippen molar-refractivity contribution < 1.29 is 18.7 Å². The molecule has 0 spiro atoms. The van der Waals surface area contributed by atoms with E-state index in [0.717, 1.165) is 5.39 Å². The minimum absolute atomic E-state index is 0.144. The Morgan fingerprint density at radius 3 is 2.52 bits per heavy atom. The summed E-state index contributed by atoms with van der Waals surface area (Å²) in [4.78, 5) is 24.8. The van der Waals surface area contributed by atoms with Gasteiger partial charge in [0.05, 0.1) is 0 Å². The smallest absolute Gasteiger partial charge is 0.305 e. The largest absolute Gasteiger partial charge is 0.478 e. The van der Waals surface area contributed by atoms with Crippen molar-refractivity contribution in [3.05, 3.63) is 64.9 Å². The average Bonchev–Trinajstić information content (AvgIpc) is 2.96. The molecule has 0 unspecified atom stereocenters. The lowest BCUT2D eigenvalue weighted by Crippen LogP contribution is -2.53. The number of ether oxygens (including phenoxy) is 1. The zero-order chi connectivity index (χ0) is 19.6. The van der Waals surface area contributed by atoms with E-state index in [4.69, 9.17) is 20.8 Å². The Morgan fingerprint density at radius 1 is 1.07 bits per heavy atom. The third-order valence-corrected chi connectivity index (χ3v) is 4.29. The molecule has 140 valence electrons. The minimum atomic E-state index is -1.24.